The summed E-state index contributed by atoms with van der Waals surface area (Å²) < 4.78 is 0. The molecule has 1 aromatic carbocycles. The molecule has 1 aliphatic rings. The highest BCUT2D eigenvalue weighted by Crippen LogP contribution is 2.22. The first kappa shape index (κ1) is 8.55. The van der Waals surface area contributed by atoms with Crippen LogP contribution < -0.4 is 0 Å². The van der Waals surface area contributed by atoms with Crippen LogP contribution >= 0.6 is 0 Å². The van der Waals surface area contributed by atoms with Crippen molar-refractivity contribution in [1.29, 1.82) is 0 Å². The second-order valence-corrected chi connectivity index (χ2v) is 2.76. The molecular formula is C9H7N3O2. The smallest absolute Gasteiger partial charge is 0.267 e. The zero-order valence-electron chi connectivity index (χ0n) is 7.47. The Morgan fingerprint density at radius 3 is 2.00 bits per heavy atom. The maximum Gasteiger partial charge on any atom is 0.283 e. The van der Waals surface area contributed by atoms with Crippen molar-refractivity contribution in [1.82, 2.24) is 5.01 Å². The molecule has 0 aromatic heterocycles. The molecule has 0 spiro atoms. The lowest BCUT2D eigenvalue weighted by atomic mass is 10.1. The van der Waals surface area contributed by atoms with Gasteiger partial charge in [0.1, 0.15) is 0 Å². The van der Waals surface area contributed by atoms with Crippen molar-refractivity contribution in [2.45, 2.75) is 0 Å². The molecule has 1 aliphatic heterocycles. The van der Waals surface area contributed by atoms with Crippen LogP contribution in [0.25, 0.3) is 0 Å². The van der Waals surface area contributed by atoms with Gasteiger partial charge in [-0.3, -0.25) is 9.59 Å². The minimum Gasteiger partial charge on any atom is -0.267 e. The van der Waals surface area contributed by atoms with Crippen LogP contribution in [0.4, 0.5) is 0 Å². The predicted molar refractivity (Wildman–Crippen MR) is 47.7 cm³/mol. The highest BCUT2D eigenvalue weighted by atomic mass is 16.2. The fourth-order valence-corrected chi connectivity index (χ4v) is 1.35. The summed E-state index contributed by atoms with van der Waals surface area (Å²) in [4.78, 5) is 23.1. The minimum atomic E-state index is -0.420. The van der Waals surface area contributed by atoms with E-state index in [1.54, 1.807) is 24.3 Å². The Morgan fingerprint density at radius 1 is 1.07 bits per heavy atom. The van der Waals surface area contributed by atoms with E-state index in [9.17, 15) is 9.59 Å². The van der Waals surface area contributed by atoms with Gasteiger partial charge in [0.25, 0.3) is 11.8 Å². The summed E-state index contributed by atoms with van der Waals surface area (Å²) in [5.41, 5.74) is 0.759. The Hall–Kier alpha value is -2.04. The van der Waals surface area contributed by atoms with Gasteiger partial charge in [-0.25, -0.2) is 0 Å². The average molecular weight is 189 g/mol. The van der Waals surface area contributed by atoms with Crippen LogP contribution in [0, 0.1) is 0 Å². The maximum absolute atomic E-state index is 11.5. The minimum absolute atomic E-state index is 0.380. The van der Waals surface area contributed by atoms with Crippen molar-refractivity contribution in [3.8, 4) is 0 Å². The standard InChI is InChI=1S/C9H7N3O2/c1-10-11-12-8(13)6-4-2-3-5-7(6)9(12)14/h2-5H,1H3. The Labute approximate surface area is 80.0 Å². The Kier molecular flexibility index (Phi) is 1.85. The molecule has 0 atom stereocenters. The SMILES string of the molecule is CN=NN1C(=O)c2ccccc2C1=O. The van der Waals surface area contributed by atoms with E-state index in [0.29, 0.717) is 11.1 Å². The molecule has 0 saturated carbocycles. The summed E-state index contributed by atoms with van der Waals surface area (Å²) in [5.74, 6) is -0.840. The Balaban J connectivity index is 2.53. The fraction of sp³-hybridized carbons (Fsp3) is 0.111. The molecule has 0 unspecified atom stereocenters. The van der Waals surface area contributed by atoms with E-state index in [2.05, 4.69) is 10.3 Å². The number of carbonyl (C=O) groups is 2. The van der Waals surface area contributed by atoms with Crippen LogP contribution in [-0.4, -0.2) is 23.9 Å². The van der Waals surface area contributed by atoms with Gasteiger partial charge in [-0.15, -0.1) is 5.01 Å². The third kappa shape index (κ3) is 1.02. The number of amides is 2. The van der Waals surface area contributed by atoms with E-state index >= 15 is 0 Å². The van der Waals surface area contributed by atoms with Gasteiger partial charge in [0.2, 0.25) is 0 Å². The van der Waals surface area contributed by atoms with Gasteiger partial charge in [0, 0.05) is 0 Å². The summed E-state index contributed by atoms with van der Waals surface area (Å²) in [5, 5.41) is 7.64. The number of benzene rings is 1. The van der Waals surface area contributed by atoms with Gasteiger partial charge in [0.05, 0.1) is 18.2 Å². The van der Waals surface area contributed by atoms with Crippen LogP contribution in [0.3, 0.4) is 0 Å². The van der Waals surface area contributed by atoms with E-state index in [0.717, 1.165) is 5.01 Å². The summed E-state index contributed by atoms with van der Waals surface area (Å²) in [6.07, 6.45) is 0. The van der Waals surface area contributed by atoms with Gasteiger partial charge in [0.15, 0.2) is 0 Å². The molecule has 0 saturated heterocycles. The van der Waals surface area contributed by atoms with Crippen molar-refractivity contribution >= 4 is 11.8 Å². The molecule has 0 bridgehead atoms. The van der Waals surface area contributed by atoms with Gasteiger partial charge >= 0.3 is 0 Å². The van der Waals surface area contributed by atoms with E-state index in [4.69, 9.17) is 0 Å². The monoisotopic (exact) mass is 189 g/mol. The van der Waals surface area contributed by atoms with Crippen molar-refractivity contribution in [3.05, 3.63) is 35.4 Å². The van der Waals surface area contributed by atoms with Gasteiger partial charge in [-0.2, -0.15) is 5.11 Å². The molecule has 2 rings (SSSR count). The first-order valence-corrected chi connectivity index (χ1v) is 4.03. The third-order valence-electron chi connectivity index (χ3n) is 1.95. The van der Waals surface area contributed by atoms with E-state index in [-0.39, 0.29) is 0 Å². The predicted octanol–water partition coefficient (Wildman–Crippen LogP) is 1.28. The van der Waals surface area contributed by atoms with Crippen molar-refractivity contribution in [3.63, 3.8) is 0 Å². The molecular weight excluding hydrogens is 182 g/mol. The normalized spacial score (nSPS) is 15.4. The van der Waals surface area contributed by atoms with Crippen LogP contribution in [-0.2, 0) is 0 Å². The zero-order valence-corrected chi connectivity index (χ0v) is 7.47. The van der Waals surface area contributed by atoms with E-state index in [1.165, 1.54) is 7.05 Å². The molecule has 14 heavy (non-hydrogen) atoms. The molecule has 5 nitrogen and oxygen atoms in total. The summed E-state index contributed by atoms with van der Waals surface area (Å²) in [6.45, 7) is 0. The number of nitrogens with zero attached hydrogens (tertiary/aromatic N) is 3. The highest BCUT2D eigenvalue weighted by Gasteiger charge is 2.35. The number of rotatable bonds is 1. The third-order valence-corrected chi connectivity index (χ3v) is 1.95. The largest absolute Gasteiger partial charge is 0.283 e. The topological polar surface area (TPSA) is 62.1 Å². The van der Waals surface area contributed by atoms with Crippen LogP contribution in [0.2, 0.25) is 0 Å². The average Bonchev–Trinajstić information content (AvgIpc) is 2.45. The number of hydrogen-bond donors (Lipinski definition) is 0. The van der Waals surface area contributed by atoms with Crippen molar-refractivity contribution in [2.24, 2.45) is 10.3 Å². The van der Waals surface area contributed by atoms with Crippen LogP contribution in [0.15, 0.2) is 34.6 Å². The van der Waals surface area contributed by atoms with Gasteiger partial charge in [-0.1, -0.05) is 17.4 Å². The molecule has 0 N–H and O–H groups in total. The van der Waals surface area contributed by atoms with Gasteiger partial charge < -0.3 is 0 Å². The molecule has 0 fully saturated rings. The molecule has 1 heterocycles. The molecule has 0 radical (unpaired) electrons. The number of hydrogen-bond acceptors (Lipinski definition) is 4. The van der Waals surface area contributed by atoms with E-state index in [1.807, 2.05) is 0 Å². The summed E-state index contributed by atoms with van der Waals surface area (Å²) in [6, 6.07) is 6.61. The second kappa shape index (κ2) is 3.02. The summed E-state index contributed by atoms with van der Waals surface area (Å²) in [7, 11) is 1.41. The first-order chi connectivity index (χ1) is 6.75. The quantitative estimate of drug-likeness (QED) is 0.493. The number of imide groups is 1. The van der Waals surface area contributed by atoms with Crippen LogP contribution in [0.1, 0.15) is 20.7 Å². The molecule has 2 amide bonds. The molecule has 1 aromatic rings. The first-order valence-electron chi connectivity index (χ1n) is 4.03. The molecule has 5 heteroatoms. The lowest BCUT2D eigenvalue weighted by molar-refractivity contribution is 0.0645. The van der Waals surface area contributed by atoms with Crippen molar-refractivity contribution < 1.29 is 9.59 Å². The van der Waals surface area contributed by atoms with Crippen molar-refractivity contribution in [2.75, 3.05) is 7.05 Å². The lowest BCUT2D eigenvalue weighted by Crippen LogP contribution is -2.23. The molecule has 70 valence electrons. The fourth-order valence-electron chi connectivity index (χ4n) is 1.35. The Bertz CT molecular complexity index is 404. The van der Waals surface area contributed by atoms with Crippen LogP contribution in [0.5, 0.6) is 0 Å². The second-order valence-electron chi connectivity index (χ2n) is 2.76. The summed E-state index contributed by atoms with van der Waals surface area (Å²) >= 11 is 0. The maximum atomic E-state index is 11.5. The number of carbonyl (C=O) groups excluding carboxylic acids is 2. The highest BCUT2D eigenvalue weighted by molar-refractivity contribution is 6.20. The number of fused-ring (bicyclic) bond motifs is 1. The lowest BCUT2D eigenvalue weighted by Gasteiger charge is -2.01. The zero-order chi connectivity index (χ0) is 10.1. The van der Waals surface area contributed by atoms with E-state index < -0.39 is 11.8 Å². The molecule has 0 aliphatic carbocycles. The Morgan fingerprint density at radius 2 is 1.57 bits per heavy atom. The van der Waals surface area contributed by atoms with Gasteiger partial charge in [-0.05, 0) is 12.1 Å².